The standard InChI is InChI=1S/C5H11F3N2O2S/c1-9-2-3-13(11,12)10-4-5(6,7)8/h9-10H,2-4H2,1H3. The zero-order valence-electron chi connectivity index (χ0n) is 6.98. The van der Waals surface area contributed by atoms with Crippen molar-refractivity contribution in [2.75, 3.05) is 25.9 Å². The molecule has 0 unspecified atom stereocenters. The summed E-state index contributed by atoms with van der Waals surface area (Å²) in [7, 11) is -2.30. The summed E-state index contributed by atoms with van der Waals surface area (Å²) in [6.45, 7) is -1.40. The van der Waals surface area contributed by atoms with Crippen molar-refractivity contribution >= 4 is 10.0 Å². The summed E-state index contributed by atoms with van der Waals surface area (Å²) in [6.07, 6.45) is -4.51. The van der Waals surface area contributed by atoms with E-state index in [1.807, 2.05) is 0 Å². The fraction of sp³-hybridized carbons (Fsp3) is 1.00. The van der Waals surface area contributed by atoms with Gasteiger partial charge in [0.25, 0.3) is 0 Å². The van der Waals surface area contributed by atoms with Crippen LogP contribution in [0.5, 0.6) is 0 Å². The van der Waals surface area contributed by atoms with Gasteiger partial charge in [-0.25, -0.2) is 13.1 Å². The molecule has 13 heavy (non-hydrogen) atoms. The summed E-state index contributed by atoms with van der Waals surface area (Å²) >= 11 is 0. The van der Waals surface area contributed by atoms with E-state index in [0.29, 0.717) is 0 Å². The van der Waals surface area contributed by atoms with E-state index >= 15 is 0 Å². The minimum atomic E-state index is -4.51. The number of alkyl halides is 3. The highest BCUT2D eigenvalue weighted by Crippen LogP contribution is 2.12. The second-order valence-corrected chi connectivity index (χ2v) is 4.29. The topological polar surface area (TPSA) is 58.2 Å². The van der Waals surface area contributed by atoms with Gasteiger partial charge in [-0.1, -0.05) is 0 Å². The second kappa shape index (κ2) is 4.77. The first-order valence-corrected chi connectivity index (χ1v) is 5.11. The molecule has 0 aromatic heterocycles. The molecule has 0 rings (SSSR count). The molecule has 0 heterocycles. The van der Waals surface area contributed by atoms with Crippen molar-refractivity contribution in [3.63, 3.8) is 0 Å². The number of sulfonamides is 1. The summed E-state index contributed by atoms with van der Waals surface area (Å²) in [5.74, 6) is -0.362. The Morgan fingerprint density at radius 3 is 2.23 bits per heavy atom. The van der Waals surface area contributed by atoms with Crippen LogP contribution in [0.4, 0.5) is 13.2 Å². The maximum atomic E-state index is 11.6. The van der Waals surface area contributed by atoms with Crippen molar-refractivity contribution < 1.29 is 21.6 Å². The Labute approximate surface area is 74.6 Å². The number of hydrogen-bond acceptors (Lipinski definition) is 3. The molecular weight excluding hydrogens is 209 g/mol. The fourth-order valence-electron chi connectivity index (χ4n) is 0.500. The smallest absolute Gasteiger partial charge is 0.319 e. The maximum Gasteiger partial charge on any atom is 0.402 e. The first kappa shape index (κ1) is 12.7. The zero-order chi connectivity index (χ0) is 10.5. The number of rotatable bonds is 5. The van der Waals surface area contributed by atoms with E-state index in [0.717, 1.165) is 0 Å². The average molecular weight is 220 g/mol. The molecule has 0 spiro atoms. The van der Waals surface area contributed by atoms with Gasteiger partial charge in [0.1, 0.15) is 6.54 Å². The van der Waals surface area contributed by atoms with E-state index in [1.165, 1.54) is 11.8 Å². The largest absolute Gasteiger partial charge is 0.402 e. The van der Waals surface area contributed by atoms with Gasteiger partial charge in [0.15, 0.2) is 0 Å². The van der Waals surface area contributed by atoms with Crippen LogP contribution in [0.2, 0.25) is 0 Å². The Morgan fingerprint density at radius 2 is 1.85 bits per heavy atom. The molecule has 0 fully saturated rings. The maximum absolute atomic E-state index is 11.6. The normalized spacial score (nSPS) is 13.2. The molecule has 0 saturated carbocycles. The van der Waals surface area contributed by atoms with Crippen LogP contribution in [0.3, 0.4) is 0 Å². The summed E-state index contributed by atoms with van der Waals surface area (Å²) in [5.41, 5.74) is 0. The highest BCUT2D eigenvalue weighted by Gasteiger charge is 2.29. The van der Waals surface area contributed by atoms with Crippen LogP contribution in [0.25, 0.3) is 0 Å². The van der Waals surface area contributed by atoms with Crippen LogP contribution in [0.1, 0.15) is 0 Å². The van der Waals surface area contributed by atoms with E-state index in [-0.39, 0.29) is 12.3 Å². The van der Waals surface area contributed by atoms with Crippen LogP contribution in [-0.2, 0) is 10.0 Å². The minimum Gasteiger partial charge on any atom is -0.319 e. The summed E-state index contributed by atoms with van der Waals surface area (Å²) in [4.78, 5) is 0. The van der Waals surface area contributed by atoms with Crippen LogP contribution < -0.4 is 10.0 Å². The van der Waals surface area contributed by atoms with Crippen molar-refractivity contribution in [3.8, 4) is 0 Å². The lowest BCUT2D eigenvalue weighted by Crippen LogP contribution is -2.37. The van der Waals surface area contributed by atoms with Crippen molar-refractivity contribution in [2.45, 2.75) is 6.18 Å². The quantitative estimate of drug-likeness (QED) is 0.668. The number of hydrogen-bond donors (Lipinski definition) is 2. The minimum absolute atomic E-state index is 0.118. The lowest BCUT2D eigenvalue weighted by Gasteiger charge is -2.08. The van der Waals surface area contributed by atoms with Gasteiger partial charge in [-0.05, 0) is 7.05 Å². The Kier molecular flexibility index (Phi) is 4.65. The molecule has 2 N–H and O–H groups in total. The highest BCUT2D eigenvalue weighted by molar-refractivity contribution is 7.89. The predicted molar refractivity (Wildman–Crippen MR) is 41.8 cm³/mol. The van der Waals surface area contributed by atoms with E-state index in [4.69, 9.17) is 0 Å². The lowest BCUT2D eigenvalue weighted by molar-refractivity contribution is -0.121. The predicted octanol–water partition coefficient (Wildman–Crippen LogP) is -0.313. The Bertz CT molecular complexity index is 237. The van der Waals surface area contributed by atoms with E-state index in [2.05, 4.69) is 5.32 Å². The van der Waals surface area contributed by atoms with Gasteiger partial charge in [-0.3, -0.25) is 0 Å². The molecule has 8 heteroatoms. The molecule has 80 valence electrons. The second-order valence-electron chi connectivity index (χ2n) is 2.36. The summed E-state index contributed by atoms with van der Waals surface area (Å²) in [6, 6.07) is 0. The molecule has 0 aromatic carbocycles. The Hall–Kier alpha value is -0.340. The van der Waals surface area contributed by atoms with Crippen LogP contribution in [0, 0.1) is 0 Å². The molecule has 4 nitrogen and oxygen atoms in total. The van der Waals surface area contributed by atoms with E-state index in [1.54, 1.807) is 0 Å². The summed E-state index contributed by atoms with van der Waals surface area (Å²) < 4.78 is 57.7. The third-order valence-corrected chi connectivity index (χ3v) is 2.44. The third-order valence-electron chi connectivity index (χ3n) is 1.11. The van der Waals surface area contributed by atoms with Gasteiger partial charge >= 0.3 is 6.18 Å². The molecule has 0 saturated heterocycles. The van der Waals surface area contributed by atoms with Crippen molar-refractivity contribution in [1.82, 2.24) is 10.0 Å². The van der Waals surface area contributed by atoms with Gasteiger partial charge in [-0.15, -0.1) is 0 Å². The highest BCUT2D eigenvalue weighted by atomic mass is 32.2. The van der Waals surface area contributed by atoms with Crippen LogP contribution in [-0.4, -0.2) is 40.5 Å². The van der Waals surface area contributed by atoms with Crippen LogP contribution >= 0.6 is 0 Å². The van der Waals surface area contributed by atoms with E-state index < -0.39 is 22.7 Å². The van der Waals surface area contributed by atoms with E-state index in [9.17, 15) is 21.6 Å². The molecule has 0 aromatic rings. The van der Waals surface area contributed by atoms with Crippen molar-refractivity contribution in [2.24, 2.45) is 0 Å². The Morgan fingerprint density at radius 1 is 1.31 bits per heavy atom. The first-order valence-electron chi connectivity index (χ1n) is 3.45. The fourth-order valence-corrected chi connectivity index (χ4v) is 1.50. The zero-order valence-corrected chi connectivity index (χ0v) is 7.80. The molecule has 0 bridgehead atoms. The molecule has 0 aliphatic rings. The van der Waals surface area contributed by atoms with Gasteiger partial charge in [-0.2, -0.15) is 13.2 Å². The van der Waals surface area contributed by atoms with Crippen molar-refractivity contribution in [3.05, 3.63) is 0 Å². The van der Waals surface area contributed by atoms with Gasteiger partial charge in [0.2, 0.25) is 10.0 Å². The first-order chi connectivity index (χ1) is 5.77. The van der Waals surface area contributed by atoms with Gasteiger partial charge < -0.3 is 5.32 Å². The van der Waals surface area contributed by atoms with Crippen LogP contribution in [0.15, 0.2) is 0 Å². The number of nitrogens with one attached hydrogen (secondary N) is 2. The lowest BCUT2D eigenvalue weighted by atomic mass is 10.7. The monoisotopic (exact) mass is 220 g/mol. The van der Waals surface area contributed by atoms with Gasteiger partial charge in [0, 0.05) is 6.54 Å². The SMILES string of the molecule is CNCCS(=O)(=O)NCC(F)(F)F. The van der Waals surface area contributed by atoms with Gasteiger partial charge in [0.05, 0.1) is 5.75 Å². The summed E-state index contributed by atoms with van der Waals surface area (Å²) in [5, 5.41) is 2.52. The average Bonchev–Trinajstić information content (AvgIpc) is 1.97. The Balaban J connectivity index is 3.91. The molecule has 0 radical (unpaired) electrons. The molecule has 0 aliphatic heterocycles. The molecule has 0 atom stereocenters. The molecule has 0 aliphatic carbocycles. The number of halogens is 3. The molecule has 0 amide bonds. The van der Waals surface area contributed by atoms with Crippen molar-refractivity contribution in [1.29, 1.82) is 0 Å². The third kappa shape index (κ3) is 8.00. The molecular formula is C5H11F3N2O2S.